The normalized spacial score (nSPS) is 34.3. The number of aliphatic hydroxyl groups excluding tert-OH is 1. The van der Waals surface area contributed by atoms with Gasteiger partial charge in [0.25, 0.3) is 0 Å². The maximum atomic E-state index is 13.8. The number of hydrogen-bond donors (Lipinski definition) is 1. The highest BCUT2D eigenvalue weighted by molar-refractivity contribution is 6.06. The van der Waals surface area contributed by atoms with Crippen molar-refractivity contribution in [1.82, 2.24) is 0 Å². The Morgan fingerprint density at radius 1 is 0.961 bits per heavy atom. The first kappa shape index (κ1) is 36.4. The van der Waals surface area contributed by atoms with Gasteiger partial charge in [-0.3, -0.25) is 9.59 Å². The van der Waals surface area contributed by atoms with Crippen molar-refractivity contribution in [2.75, 3.05) is 20.3 Å². The predicted molar refractivity (Wildman–Crippen MR) is 194 cm³/mol. The molecule has 6 rings (SSSR count). The molecule has 6 atom stereocenters. The van der Waals surface area contributed by atoms with Gasteiger partial charge in [-0.15, -0.1) is 0 Å². The molecule has 270 valence electrons. The van der Waals surface area contributed by atoms with Crippen LogP contribution < -0.4 is 4.74 Å². The highest BCUT2D eigenvalue weighted by Crippen LogP contribution is 2.75. The molecule has 0 amide bonds. The Kier molecular flexibility index (Phi) is 9.27. The van der Waals surface area contributed by atoms with Gasteiger partial charge in [0.2, 0.25) is 5.78 Å². The Labute approximate surface area is 301 Å². The van der Waals surface area contributed by atoms with Crippen LogP contribution in [-0.4, -0.2) is 43.2 Å². The van der Waals surface area contributed by atoms with Crippen LogP contribution in [-0.2, 0) is 23.9 Å². The van der Waals surface area contributed by atoms with E-state index in [0.717, 1.165) is 56.1 Å². The highest BCUT2D eigenvalue weighted by atomic mass is 16.5. The number of aliphatic hydroxyl groups is 1. The molecule has 8 nitrogen and oxygen atoms in total. The molecule has 0 bridgehead atoms. The van der Waals surface area contributed by atoms with Crippen molar-refractivity contribution in [1.29, 1.82) is 5.26 Å². The number of carbonyl (C=O) groups is 3. The molecule has 3 saturated carbocycles. The first-order valence-electron chi connectivity index (χ1n) is 18.3. The van der Waals surface area contributed by atoms with Crippen molar-refractivity contribution >= 4 is 23.8 Å². The number of ether oxygens (including phenoxy) is 3. The molecule has 8 heteroatoms. The second-order valence-electron chi connectivity index (χ2n) is 16.7. The fourth-order valence-corrected chi connectivity index (χ4v) is 10.3. The molecule has 1 aromatic rings. The van der Waals surface area contributed by atoms with Gasteiger partial charge in [-0.25, -0.2) is 4.79 Å². The molecule has 0 unspecified atom stereocenters. The van der Waals surface area contributed by atoms with E-state index in [-0.39, 0.29) is 58.0 Å². The lowest BCUT2D eigenvalue weighted by Crippen LogP contribution is -2.62. The summed E-state index contributed by atoms with van der Waals surface area (Å²) in [4.78, 5) is 39.2. The lowest BCUT2D eigenvalue weighted by molar-refractivity contribution is -0.182. The van der Waals surface area contributed by atoms with E-state index in [1.165, 1.54) is 11.6 Å². The summed E-state index contributed by atoms with van der Waals surface area (Å²) in [6.07, 6.45) is 14.3. The number of hydrogen-bond acceptors (Lipinski definition) is 8. The standard InChI is InChI=1S/C43H51NO7/c1-27-31-13-14-34-41(4,32(31)24-33(45)36(27)46)18-20-43(6)35-25-40(3,16-15-39(35,2)17-19-42(34,43)5)38(48)51-22-8-21-50-37(47)29(26-44)23-28-9-11-30(49-7)12-10-28/h9-14,23-24,35,46H,8,15-22,25H2,1-7H3/b29-23+/t35-,39-,40-,41+,42-,43+/m1/s1. The molecule has 5 aliphatic carbocycles. The van der Waals surface area contributed by atoms with Crippen LogP contribution in [0.25, 0.3) is 6.08 Å². The number of ketones is 1. The van der Waals surface area contributed by atoms with E-state index < -0.39 is 11.4 Å². The smallest absolute Gasteiger partial charge is 0.348 e. The number of fused-ring (bicyclic) bond motifs is 7. The third kappa shape index (κ3) is 5.87. The van der Waals surface area contributed by atoms with Crippen LogP contribution >= 0.6 is 0 Å². The molecule has 0 aromatic heterocycles. The summed E-state index contributed by atoms with van der Waals surface area (Å²) in [5.74, 6) is -0.432. The summed E-state index contributed by atoms with van der Waals surface area (Å²) in [6.45, 7) is 13.6. The summed E-state index contributed by atoms with van der Waals surface area (Å²) in [7, 11) is 1.57. The molecule has 3 fully saturated rings. The number of esters is 2. The summed E-state index contributed by atoms with van der Waals surface area (Å²) in [5.41, 5.74) is 3.53. The number of nitrogens with zero attached hydrogens (tertiary/aromatic N) is 1. The lowest BCUT2D eigenvalue weighted by Gasteiger charge is -2.70. The molecule has 51 heavy (non-hydrogen) atoms. The van der Waals surface area contributed by atoms with E-state index in [4.69, 9.17) is 14.2 Å². The van der Waals surface area contributed by atoms with Crippen LogP contribution in [0.4, 0.5) is 0 Å². The fraction of sp³-hybridized carbons (Fsp3) is 0.535. The molecular formula is C43H51NO7. The van der Waals surface area contributed by atoms with Crippen LogP contribution in [0.1, 0.15) is 98.5 Å². The summed E-state index contributed by atoms with van der Waals surface area (Å²) < 4.78 is 16.4. The largest absolute Gasteiger partial charge is 0.504 e. The highest BCUT2D eigenvalue weighted by Gasteiger charge is 2.67. The Morgan fingerprint density at radius 3 is 2.33 bits per heavy atom. The van der Waals surface area contributed by atoms with Gasteiger partial charge in [-0.05, 0) is 122 Å². The van der Waals surface area contributed by atoms with Crippen molar-refractivity contribution in [3.8, 4) is 11.8 Å². The van der Waals surface area contributed by atoms with Gasteiger partial charge >= 0.3 is 11.9 Å². The summed E-state index contributed by atoms with van der Waals surface area (Å²) >= 11 is 0. The van der Waals surface area contributed by atoms with Crippen molar-refractivity contribution in [3.05, 3.63) is 81.7 Å². The first-order valence-corrected chi connectivity index (χ1v) is 18.3. The second-order valence-corrected chi connectivity index (χ2v) is 16.7. The summed E-state index contributed by atoms with van der Waals surface area (Å²) in [5, 5.41) is 20.0. The minimum absolute atomic E-state index is 0.0303. The van der Waals surface area contributed by atoms with E-state index in [2.05, 4.69) is 46.8 Å². The fourth-order valence-electron chi connectivity index (χ4n) is 10.3. The number of benzene rings is 1. The third-order valence-electron chi connectivity index (χ3n) is 13.9. The number of nitriles is 1. The van der Waals surface area contributed by atoms with E-state index in [0.29, 0.717) is 29.2 Å². The Morgan fingerprint density at radius 2 is 1.65 bits per heavy atom. The average molecular weight is 694 g/mol. The van der Waals surface area contributed by atoms with E-state index in [1.54, 1.807) is 37.5 Å². The zero-order valence-corrected chi connectivity index (χ0v) is 31.1. The van der Waals surface area contributed by atoms with Crippen molar-refractivity contribution in [2.45, 2.75) is 92.9 Å². The number of allylic oxidation sites excluding steroid dienone is 7. The molecule has 1 N–H and O–H groups in total. The third-order valence-corrected chi connectivity index (χ3v) is 13.9. The molecule has 0 saturated heterocycles. The van der Waals surface area contributed by atoms with Crippen molar-refractivity contribution in [2.24, 2.45) is 33.0 Å². The molecule has 5 aliphatic rings. The molecule has 0 radical (unpaired) electrons. The Hall–Kier alpha value is -4.38. The Bertz CT molecular complexity index is 1860. The van der Waals surface area contributed by atoms with Gasteiger partial charge in [0, 0.05) is 17.4 Å². The van der Waals surface area contributed by atoms with Gasteiger partial charge in [0.1, 0.15) is 17.4 Å². The van der Waals surface area contributed by atoms with Gasteiger partial charge in [-0.1, -0.05) is 57.6 Å². The van der Waals surface area contributed by atoms with Crippen molar-refractivity contribution < 1.29 is 33.7 Å². The number of methoxy groups -OCH3 is 1. The average Bonchev–Trinajstić information content (AvgIpc) is 3.11. The minimum atomic E-state index is -0.716. The molecule has 0 aliphatic heterocycles. The summed E-state index contributed by atoms with van der Waals surface area (Å²) in [6, 6.07) is 8.90. The van der Waals surface area contributed by atoms with Gasteiger partial charge in [0.15, 0.2) is 5.76 Å². The quantitative estimate of drug-likeness (QED) is 0.124. The van der Waals surface area contributed by atoms with E-state index in [9.17, 15) is 24.8 Å². The lowest BCUT2D eigenvalue weighted by atomic mass is 9.34. The first-order chi connectivity index (χ1) is 24.0. The maximum Gasteiger partial charge on any atom is 0.348 e. The van der Waals surface area contributed by atoms with Crippen LogP contribution in [0.3, 0.4) is 0 Å². The zero-order chi connectivity index (χ0) is 37.0. The number of rotatable bonds is 8. The van der Waals surface area contributed by atoms with E-state index >= 15 is 0 Å². The monoisotopic (exact) mass is 693 g/mol. The Balaban J connectivity index is 1.12. The minimum Gasteiger partial charge on any atom is -0.504 e. The van der Waals surface area contributed by atoms with Crippen molar-refractivity contribution in [3.63, 3.8) is 0 Å². The van der Waals surface area contributed by atoms with E-state index in [1.807, 2.05) is 13.0 Å². The van der Waals surface area contributed by atoms with Gasteiger partial charge in [-0.2, -0.15) is 5.26 Å². The molecular weight excluding hydrogens is 642 g/mol. The van der Waals surface area contributed by atoms with Crippen LogP contribution in [0.15, 0.2) is 76.1 Å². The van der Waals surface area contributed by atoms with Crippen LogP contribution in [0.5, 0.6) is 5.75 Å². The van der Waals surface area contributed by atoms with Gasteiger partial charge < -0.3 is 19.3 Å². The molecule has 0 heterocycles. The number of carbonyl (C=O) groups excluding carboxylic acids is 3. The molecule has 1 aromatic carbocycles. The topological polar surface area (TPSA) is 123 Å². The SMILES string of the molecule is COc1ccc(/C=C(\C#N)C(=O)OCCCOC(=O)[C@]2(C)CC[C@]3(C)CC[C@]4(C)C5=CC=C6C(=CC(=O)C(O)=C6C)[C@]5(C)CC[C@@]4(C)[C@@H]3C2)cc1. The zero-order valence-electron chi connectivity index (χ0n) is 31.1. The van der Waals surface area contributed by atoms with Crippen LogP contribution in [0, 0.1) is 44.3 Å². The van der Waals surface area contributed by atoms with Gasteiger partial charge in [0.05, 0.1) is 25.7 Å². The molecule has 0 spiro atoms. The predicted octanol–water partition coefficient (Wildman–Crippen LogP) is 8.71. The maximum absolute atomic E-state index is 13.8. The van der Waals surface area contributed by atoms with Crippen LogP contribution in [0.2, 0.25) is 0 Å². The second kappa shape index (κ2) is 13.0.